The van der Waals surface area contributed by atoms with Crippen molar-refractivity contribution in [1.82, 2.24) is 5.32 Å². The van der Waals surface area contributed by atoms with Crippen LogP contribution in [0.4, 0.5) is 4.79 Å². The molecule has 1 aromatic carbocycles. The summed E-state index contributed by atoms with van der Waals surface area (Å²) >= 11 is 0. The van der Waals surface area contributed by atoms with Gasteiger partial charge in [-0.1, -0.05) is 47.6 Å². The average Bonchev–Trinajstić information content (AvgIpc) is 2.73. The Hall–Kier alpha value is -1.77. The lowest BCUT2D eigenvalue weighted by atomic mass is 10.2. The topological polar surface area (TPSA) is 75.3 Å². The fraction of sp³-hybridized carbons (Fsp3) is 0.731. The lowest BCUT2D eigenvalue weighted by Gasteiger charge is -2.43. The second kappa shape index (κ2) is 13.4. The van der Waals surface area contributed by atoms with Crippen LogP contribution in [0.1, 0.15) is 67.9 Å². The van der Waals surface area contributed by atoms with E-state index in [1.807, 2.05) is 39.0 Å². The molecule has 0 radical (unpaired) electrons. The molecule has 0 unspecified atom stereocenters. The molecule has 8 heteroatoms. The lowest BCUT2D eigenvalue weighted by Crippen LogP contribution is -2.50. The highest BCUT2D eigenvalue weighted by Gasteiger charge is 2.45. The van der Waals surface area contributed by atoms with E-state index in [9.17, 15) is 4.79 Å². The van der Waals surface area contributed by atoms with Crippen LogP contribution in [0.3, 0.4) is 0 Å². The number of alkyl carbamates (subject to hydrolysis) is 1. The van der Waals surface area contributed by atoms with Gasteiger partial charge in [0.1, 0.15) is 5.60 Å². The Balaban J connectivity index is 3.00. The molecule has 1 rings (SSSR count). The molecule has 196 valence electrons. The summed E-state index contributed by atoms with van der Waals surface area (Å²) in [6.45, 7) is 20.1. The van der Waals surface area contributed by atoms with Crippen LogP contribution >= 0.6 is 0 Å². The van der Waals surface area contributed by atoms with Gasteiger partial charge in [-0.2, -0.15) is 0 Å². The smallest absolute Gasteiger partial charge is 0.407 e. The van der Waals surface area contributed by atoms with Gasteiger partial charge < -0.3 is 28.7 Å². The van der Waals surface area contributed by atoms with E-state index < -0.39 is 20.0 Å². The number of ether oxygens (including phenoxy) is 4. The van der Waals surface area contributed by atoms with Crippen LogP contribution in [0.25, 0.3) is 0 Å². The fourth-order valence-electron chi connectivity index (χ4n) is 4.60. The van der Waals surface area contributed by atoms with Crippen molar-refractivity contribution in [3.63, 3.8) is 0 Å². The molecule has 34 heavy (non-hydrogen) atoms. The highest BCUT2D eigenvalue weighted by molar-refractivity contribution is 6.77. The Morgan fingerprint density at radius 3 is 1.97 bits per heavy atom. The Bertz CT molecular complexity index is 738. The van der Waals surface area contributed by atoms with E-state index in [0.29, 0.717) is 47.9 Å². The summed E-state index contributed by atoms with van der Waals surface area (Å²) in [6.07, 6.45) is -0.795. The van der Waals surface area contributed by atoms with Gasteiger partial charge in [0.25, 0.3) is 0 Å². The van der Waals surface area contributed by atoms with E-state index in [2.05, 4.69) is 46.9 Å². The highest BCUT2D eigenvalue weighted by atomic mass is 28.4. The van der Waals surface area contributed by atoms with Crippen molar-refractivity contribution in [2.75, 3.05) is 27.4 Å². The standard InChI is InChI=1S/C26H47NO6Si/c1-18(2)34(19(3)4,20(5)6)32-17-22(15-27-25(28)33-26(7,8)9)31-16-21-12-13-23(29-10)24(14-21)30-11/h12-14,18-20,22H,15-17H2,1-11H3,(H,27,28)/t22-/m1/s1. The van der Waals surface area contributed by atoms with Crippen LogP contribution in [-0.2, 0) is 20.5 Å². The number of methoxy groups -OCH3 is 2. The van der Waals surface area contributed by atoms with E-state index >= 15 is 0 Å². The molecular formula is C26H47NO6Si. The van der Waals surface area contributed by atoms with Gasteiger partial charge in [0.15, 0.2) is 19.8 Å². The Morgan fingerprint density at radius 1 is 0.941 bits per heavy atom. The minimum atomic E-state index is -2.08. The first-order valence-electron chi connectivity index (χ1n) is 12.2. The average molecular weight is 498 g/mol. The van der Waals surface area contributed by atoms with Crippen LogP contribution in [-0.4, -0.2) is 53.5 Å². The molecule has 1 N–H and O–H groups in total. The number of hydrogen-bond acceptors (Lipinski definition) is 6. The Morgan fingerprint density at radius 2 is 1.50 bits per heavy atom. The SMILES string of the molecule is COc1ccc(CO[C@H](CNC(=O)OC(C)(C)C)CO[Si](C(C)C)(C(C)C)C(C)C)cc1OC. The zero-order valence-corrected chi connectivity index (χ0v) is 24.1. The molecule has 0 aliphatic rings. The maximum absolute atomic E-state index is 12.3. The predicted molar refractivity (Wildman–Crippen MR) is 139 cm³/mol. The first kappa shape index (κ1) is 30.3. The number of nitrogens with one attached hydrogen (secondary N) is 1. The molecule has 0 saturated carbocycles. The zero-order chi connectivity index (χ0) is 26.1. The Kier molecular flexibility index (Phi) is 11.9. The molecule has 0 fully saturated rings. The van der Waals surface area contributed by atoms with E-state index in [4.69, 9.17) is 23.4 Å². The molecule has 1 aromatic rings. The lowest BCUT2D eigenvalue weighted by molar-refractivity contribution is 0.00161. The van der Waals surface area contributed by atoms with E-state index in [1.165, 1.54) is 0 Å². The first-order valence-corrected chi connectivity index (χ1v) is 14.3. The fourth-order valence-corrected chi connectivity index (χ4v) is 10.1. The summed E-state index contributed by atoms with van der Waals surface area (Å²) < 4.78 is 29.1. The number of benzene rings is 1. The minimum Gasteiger partial charge on any atom is -0.493 e. The van der Waals surface area contributed by atoms with Crippen molar-refractivity contribution in [2.45, 2.75) is 97.2 Å². The first-order chi connectivity index (χ1) is 15.8. The maximum atomic E-state index is 12.3. The molecule has 0 heterocycles. The van der Waals surface area contributed by atoms with Gasteiger partial charge in [0.05, 0.1) is 33.5 Å². The van der Waals surface area contributed by atoms with Crippen LogP contribution in [0, 0.1) is 0 Å². The van der Waals surface area contributed by atoms with Gasteiger partial charge in [-0.15, -0.1) is 0 Å². The largest absolute Gasteiger partial charge is 0.493 e. The summed E-state index contributed by atoms with van der Waals surface area (Å²) in [7, 11) is 1.14. The second-order valence-corrected chi connectivity index (χ2v) is 16.1. The van der Waals surface area contributed by atoms with Gasteiger partial charge in [0, 0.05) is 6.54 Å². The number of hydrogen-bond donors (Lipinski definition) is 1. The molecule has 7 nitrogen and oxygen atoms in total. The number of carbonyl (C=O) groups excluding carboxylic acids is 1. The van der Waals surface area contributed by atoms with Gasteiger partial charge in [-0.3, -0.25) is 0 Å². The van der Waals surface area contributed by atoms with Crippen LogP contribution in [0.15, 0.2) is 18.2 Å². The maximum Gasteiger partial charge on any atom is 0.407 e. The van der Waals surface area contributed by atoms with E-state index in [0.717, 1.165) is 5.56 Å². The van der Waals surface area contributed by atoms with Gasteiger partial charge >= 0.3 is 6.09 Å². The monoisotopic (exact) mass is 497 g/mol. The summed E-state index contributed by atoms with van der Waals surface area (Å²) in [4.78, 5) is 12.3. The quantitative estimate of drug-likeness (QED) is 0.322. The Labute approximate surface area is 208 Å². The molecule has 0 aliphatic heterocycles. The summed E-state index contributed by atoms with van der Waals surface area (Å²) in [5.41, 5.74) is 1.75. The predicted octanol–water partition coefficient (Wildman–Crippen LogP) is 6.31. The van der Waals surface area contributed by atoms with Crippen molar-refractivity contribution in [1.29, 1.82) is 0 Å². The molecule has 0 aliphatic carbocycles. The molecule has 0 spiro atoms. The van der Waals surface area contributed by atoms with Gasteiger partial charge in [-0.05, 0) is 55.1 Å². The molecule has 1 atom stereocenters. The summed E-state index contributed by atoms with van der Waals surface area (Å²) in [5.74, 6) is 1.31. The molecule has 0 bridgehead atoms. The second-order valence-electron chi connectivity index (χ2n) is 10.6. The minimum absolute atomic E-state index is 0.293. The van der Waals surface area contributed by atoms with Crippen molar-refractivity contribution in [3.05, 3.63) is 23.8 Å². The molecular weight excluding hydrogens is 450 g/mol. The normalized spacial score (nSPS) is 13.4. The van der Waals surface area contributed by atoms with Crippen molar-refractivity contribution in [2.24, 2.45) is 0 Å². The summed E-state index contributed by atoms with van der Waals surface area (Å²) in [6, 6.07) is 5.69. The van der Waals surface area contributed by atoms with Crippen LogP contribution in [0.5, 0.6) is 11.5 Å². The molecule has 1 amide bonds. The third kappa shape index (κ3) is 8.78. The van der Waals surface area contributed by atoms with Crippen LogP contribution in [0.2, 0.25) is 16.6 Å². The summed E-state index contributed by atoms with van der Waals surface area (Å²) in [5, 5.41) is 2.84. The van der Waals surface area contributed by atoms with E-state index in [-0.39, 0.29) is 6.10 Å². The zero-order valence-electron chi connectivity index (χ0n) is 23.1. The highest BCUT2D eigenvalue weighted by Crippen LogP contribution is 2.42. The number of amides is 1. The van der Waals surface area contributed by atoms with Crippen molar-refractivity contribution < 1.29 is 28.2 Å². The molecule has 0 saturated heterocycles. The number of carbonyl (C=O) groups is 1. The van der Waals surface area contributed by atoms with Gasteiger partial charge in [-0.25, -0.2) is 4.79 Å². The number of rotatable bonds is 13. The van der Waals surface area contributed by atoms with E-state index in [1.54, 1.807) is 14.2 Å². The van der Waals surface area contributed by atoms with Crippen molar-refractivity contribution in [3.8, 4) is 11.5 Å². The van der Waals surface area contributed by atoms with Gasteiger partial charge in [0.2, 0.25) is 0 Å². The third-order valence-corrected chi connectivity index (χ3v) is 12.1. The van der Waals surface area contributed by atoms with Crippen LogP contribution < -0.4 is 14.8 Å². The third-order valence-electron chi connectivity index (χ3n) is 6.03. The van der Waals surface area contributed by atoms with Crippen molar-refractivity contribution >= 4 is 14.4 Å². The molecule has 0 aromatic heterocycles.